The highest BCUT2D eigenvalue weighted by molar-refractivity contribution is 5.93. The smallest absolute Gasteiger partial charge is 0.253 e. The van der Waals surface area contributed by atoms with Crippen molar-refractivity contribution < 1.29 is 19.0 Å². The minimum Gasteiger partial charge on any atom is -0.496 e. The van der Waals surface area contributed by atoms with E-state index < -0.39 is 0 Å². The molecule has 0 radical (unpaired) electrons. The predicted octanol–water partition coefficient (Wildman–Crippen LogP) is 2.28. The predicted molar refractivity (Wildman–Crippen MR) is 118 cm³/mol. The van der Waals surface area contributed by atoms with Gasteiger partial charge in [-0.25, -0.2) is 0 Å². The lowest BCUT2D eigenvalue weighted by molar-refractivity contribution is 0.0827. The molecule has 2 aromatic carbocycles. The van der Waals surface area contributed by atoms with Crippen LogP contribution in [0.15, 0.2) is 41.4 Å². The Morgan fingerprint density at radius 3 is 2.00 bits per heavy atom. The van der Waals surface area contributed by atoms with Crippen molar-refractivity contribution in [3.63, 3.8) is 0 Å². The molecule has 0 atom stereocenters. The molecule has 0 aliphatic carbocycles. The molecule has 0 aliphatic rings. The van der Waals surface area contributed by atoms with Crippen LogP contribution in [-0.4, -0.2) is 59.2 Å². The van der Waals surface area contributed by atoms with Crippen LogP contribution in [0.25, 0.3) is 0 Å². The van der Waals surface area contributed by atoms with Gasteiger partial charge in [-0.2, -0.15) is 0 Å². The van der Waals surface area contributed by atoms with E-state index in [4.69, 9.17) is 14.2 Å². The van der Waals surface area contributed by atoms with E-state index in [2.05, 4.69) is 15.6 Å². The molecule has 2 rings (SSSR count). The third kappa shape index (κ3) is 5.79. The summed E-state index contributed by atoms with van der Waals surface area (Å²) in [5.74, 6) is 2.55. The topological polar surface area (TPSA) is 84.4 Å². The number of aliphatic imine (C=N–C) groups is 1. The average Bonchev–Trinajstić information content (AvgIpc) is 2.78. The van der Waals surface area contributed by atoms with Crippen molar-refractivity contribution in [2.24, 2.45) is 4.99 Å². The normalized spacial score (nSPS) is 10.9. The summed E-state index contributed by atoms with van der Waals surface area (Å²) in [6, 6.07) is 11.2. The molecule has 2 N–H and O–H groups in total. The molecule has 0 saturated heterocycles. The number of methoxy groups -OCH3 is 3. The molecule has 1 amide bonds. The Bertz CT molecular complexity index is 879. The molecule has 0 bridgehead atoms. The number of hydrogen-bond donors (Lipinski definition) is 2. The van der Waals surface area contributed by atoms with Crippen molar-refractivity contribution >= 4 is 11.9 Å². The number of carbonyl (C=O) groups excluding carboxylic acids is 1. The Morgan fingerprint density at radius 1 is 0.900 bits per heavy atom. The van der Waals surface area contributed by atoms with Gasteiger partial charge in [-0.15, -0.1) is 0 Å². The molecule has 0 spiro atoms. The molecule has 0 unspecified atom stereocenters. The van der Waals surface area contributed by atoms with Crippen molar-refractivity contribution in [2.75, 3.05) is 42.5 Å². The van der Waals surface area contributed by atoms with Crippen LogP contribution in [-0.2, 0) is 13.1 Å². The number of carbonyl (C=O) groups is 1. The first-order valence-corrected chi connectivity index (χ1v) is 9.47. The van der Waals surface area contributed by atoms with Crippen molar-refractivity contribution in [3.05, 3.63) is 53.1 Å². The molecular weight excluding hydrogens is 384 g/mol. The first-order valence-electron chi connectivity index (χ1n) is 9.47. The third-order valence-corrected chi connectivity index (χ3v) is 4.52. The van der Waals surface area contributed by atoms with Crippen LogP contribution < -0.4 is 24.8 Å². The van der Waals surface area contributed by atoms with Crippen molar-refractivity contribution in [3.8, 4) is 17.2 Å². The molecule has 0 saturated carbocycles. The van der Waals surface area contributed by atoms with E-state index in [1.807, 2.05) is 30.3 Å². The minimum absolute atomic E-state index is 0.0177. The lowest BCUT2D eigenvalue weighted by Crippen LogP contribution is -2.36. The maximum Gasteiger partial charge on any atom is 0.253 e. The number of amides is 1. The van der Waals surface area contributed by atoms with Gasteiger partial charge in [0.2, 0.25) is 0 Å². The Kier molecular flexibility index (Phi) is 8.34. The van der Waals surface area contributed by atoms with Crippen molar-refractivity contribution in [2.45, 2.75) is 13.1 Å². The zero-order valence-corrected chi connectivity index (χ0v) is 18.4. The summed E-state index contributed by atoms with van der Waals surface area (Å²) < 4.78 is 16.2. The molecule has 8 heteroatoms. The third-order valence-electron chi connectivity index (χ3n) is 4.52. The van der Waals surface area contributed by atoms with Crippen LogP contribution in [0.1, 0.15) is 21.5 Å². The second kappa shape index (κ2) is 10.9. The van der Waals surface area contributed by atoms with Crippen LogP contribution in [0.5, 0.6) is 17.2 Å². The standard InChI is InChI=1S/C22H30N4O4/c1-23-22(24-13-15-7-9-16(10-8-15)21(27)26(2)3)25-14-17-11-19(29-5)20(30-6)12-18(17)28-4/h7-12H,13-14H2,1-6H3,(H2,23,24,25). The molecular formula is C22H30N4O4. The van der Waals surface area contributed by atoms with E-state index in [0.717, 1.165) is 11.1 Å². The largest absolute Gasteiger partial charge is 0.496 e. The molecule has 0 fully saturated rings. The lowest BCUT2D eigenvalue weighted by atomic mass is 10.1. The highest BCUT2D eigenvalue weighted by atomic mass is 16.5. The summed E-state index contributed by atoms with van der Waals surface area (Å²) in [6.45, 7) is 1.05. The van der Waals surface area contributed by atoms with E-state index in [9.17, 15) is 4.79 Å². The number of rotatable bonds is 8. The van der Waals surface area contributed by atoms with Gasteiger partial charge in [-0.05, 0) is 23.8 Å². The number of hydrogen-bond acceptors (Lipinski definition) is 5. The van der Waals surface area contributed by atoms with Gasteiger partial charge in [0, 0.05) is 51.4 Å². The molecule has 0 heterocycles. The highest BCUT2D eigenvalue weighted by Gasteiger charge is 2.12. The van der Waals surface area contributed by atoms with E-state index >= 15 is 0 Å². The SMILES string of the molecule is CN=C(NCc1ccc(C(=O)N(C)C)cc1)NCc1cc(OC)c(OC)cc1OC. The number of nitrogens with zero attached hydrogens (tertiary/aromatic N) is 2. The first-order chi connectivity index (χ1) is 14.4. The van der Waals surface area contributed by atoms with E-state index in [1.165, 1.54) is 0 Å². The highest BCUT2D eigenvalue weighted by Crippen LogP contribution is 2.34. The number of nitrogens with one attached hydrogen (secondary N) is 2. The van der Waals surface area contributed by atoms with E-state index in [0.29, 0.717) is 41.9 Å². The first kappa shape index (κ1) is 22.9. The van der Waals surface area contributed by atoms with Gasteiger partial charge in [0.1, 0.15) is 5.75 Å². The molecule has 2 aromatic rings. The van der Waals surface area contributed by atoms with Gasteiger partial charge in [-0.3, -0.25) is 9.79 Å². The maximum atomic E-state index is 12.0. The van der Waals surface area contributed by atoms with Crippen LogP contribution in [0.4, 0.5) is 0 Å². The summed E-state index contributed by atoms with van der Waals surface area (Å²) in [4.78, 5) is 17.8. The Hall–Kier alpha value is -3.42. The molecule has 0 aromatic heterocycles. The number of benzene rings is 2. The van der Waals surface area contributed by atoms with Crippen LogP contribution in [0.2, 0.25) is 0 Å². The number of ether oxygens (including phenoxy) is 3. The second-order valence-corrected chi connectivity index (χ2v) is 6.69. The monoisotopic (exact) mass is 414 g/mol. The maximum absolute atomic E-state index is 12.0. The van der Waals surface area contributed by atoms with Crippen molar-refractivity contribution in [1.29, 1.82) is 0 Å². The van der Waals surface area contributed by atoms with Gasteiger partial charge in [0.15, 0.2) is 17.5 Å². The molecule has 162 valence electrons. The zero-order valence-electron chi connectivity index (χ0n) is 18.4. The fourth-order valence-electron chi connectivity index (χ4n) is 2.84. The van der Waals surface area contributed by atoms with E-state index in [1.54, 1.807) is 53.4 Å². The van der Waals surface area contributed by atoms with Crippen LogP contribution >= 0.6 is 0 Å². The Morgan fingerprint density at radius 2 is 1.47 bits per heavy atom. The van der Waals surface area contributed by atoms with Crippen molar-refractivity contribution in [1.82, 2.24) is 15.5 Å². The Balaban J connectivity index is 1.99. The minimum atomic E-state index is -0.0177. The van der Waals surface area contributed by atoms with Gasteiger partial charge in [0.05, 0.1) is 21.3 Å². The quantitative estimate of drug-likeness (QED) is 0.509. The van der Waals surface area contributed by atoms with Crippen LogP contribution in [0, 0.1) is 0 Å². The fourth-order valence-corrected chi connectivity index (χ4v) is 2.84. The summed E-state index contributed by atoms with van der Waals surface area (Å²) in [7, 11) is 9.98. The zero-order chi connectivity index (χ0) is 22.1. The second-order valence-electron chi connectivity index (χ2n) is 6.69. The van der Waals surface area contributed by atoms with Gasteiger partial charge in [-0.1, -0.05) is 12.1 Å². The Labute approximate surface area is 177 Å². The molecule has 0 aliphatic heterocycles. The fraction of sp³-hybridized carbons (Fsp3) is 0.364. The average molecular weight is 415 g/mol. The summed E-state index contributed by atoms with van der Waals surface area (Å²) >= 11 is 0. The van der Waals surface area contributed by atoms with Gasteiger partial charge < -0.3 is 29.7 Å². The van der Waals surface area contributed by atoms with E-state index in [-0.39, 0.29) is 5.91 Å². The molecule has 8 nitrogen and oxygen atoms in total. The van der Waals surface area contributed by atoms with Crippen LogP contribution in [0.3, 0.4) is 0 Å². The number of guanidine groups is 1. The lowest BCUT2D eigenvalue weighted by Gasteiger charge is -2.16. The van der Waals surface area contributed by atoms with Gasteiger partial charge in [0.25, 0.3) is 5.91 Å². The summed E-state index contributed by atoms with van der Waals surface area (Å²) in [5.41, 5.74) is 2.61. The molecule has 30 heavy (non-hydrogen) atoms. The van der Waals surface area contributed by atoms with Gasteiger partial charge >= 0.3 is 0 Å². The summed E-state index contributed by atoms with van der Waals surface area (Å²) in [5, 5.41) is 6.53. The summed E-state index contributed by atoms with van der Waals surface area (Å²) in [6.07, 6.45) is 0.